The topological polar surface area (TPSA) is 37.8 Å². The van der Waals surface area contributed by atoms with E-state index in [2.05, 4.69) is 29.1 Å². The van der Waals surface area contributed by atoms with Crippen LogP contribution in [0.2, 0.25) is 0 Å². The lowest BCUT2D eigenvalue weighted by Gasteiger charge is -2.11. The van der Waals surface area contributed by atoms with E-state index in [9.17, 15) is 0 Å². The Morgan fingerprint density at radius 2 is 1.77 bits per heavy atom. The Hall–Kier alpha value is -1.12. The molecule has 1 aromatic rings. The molecule has 1 aromatic heterocycles. The van der Waals surface area contributed by atoms with Gasteiger partial charge in [0.2, 0.25) is 0 Å². The van der Waals surface area contributed by atoms with Gasteiger partial charge in [0.25, 0.3) is 0 Å². The maximum Gasteiger partial charge on any atom is 0.133 e. The lowest BCUT2D eigenvalue weighted by Crippen LogP contribution is -2.06. The molecule has 13 heavy (non-hydrogen) atoms. The number of nitrogens with zero attached hydrogens (tertiary/aromatic N) is 2. The fraction of sp³-hybridized carbons (Fsp3) is 0.600. The maximum absolute atomic E-state index is 4.43. The van der Waals surface area contributed by atoms with Crippen molar-refractivity contribution in [1.82, 2.24) is 9.97 Å². The van der Waals surface area contributed by atoms with E-state index in [4.69, 9.17) is 0 Å². The van der Waals surface area contributed by atoms with Crippen molar-refractivity contribution >= 4 is 5.82 Å². The van der Waals surface area contributed by atoms with E-state index in [1.165, 1.54) is 0 Å². The van der Waals surface area contributed by atoms with E-state index < -0.39 is 0 Å². The second-order valence-electron chi connectivity index (χ2n) is 3.55. The highest BCUT2D eigenvalue weighted by molar-refractivity contribution is 5.44. The van der Waals surface area contributed by atoms with Crippen LogP contribution in [0.1, 0.15) is 36.8 Å². The summed E-state index contributed by atoms with van der Waals surface area (Å²) in [6, 6.07) is 0. The van der Waals surface area contributed by atoms with E-state index in [0.29, 0.717) is 5.92 Å². The normalized spacial score (nSPS) is 10.6. The fourth-order valence-corrected chi connectivity index (χ4v) is 1.15. The van der Waals surface area contributed by atoms with Crippen LogP contribution in [0.4, 0.5) is 5.82 Å². The van der Waals surface area contributed by atoms with Gasteiger partial charge in [-0.05, 0) is 13.8 Å². The summed E-state index contributed by atoms with van der Waals surface area (Å²) in [5, 5.41) is 3.08. The third-order valence-electron chi connectivity index (χ3n) is 2.16. The molecule has 3 heteroatoms. The molecule has 72 valence electrons. The van der Waals surface area contributed by atoms with Crippen LogP contribution in [-0.2, 0) is 0 Å². The van der Waals surface area contributed by atoms with Crippen molar-refractivity contribution in [2.75, 3.05) is 12.4 Å². The maximum atomic E-state index is 4.43. The van der Waals surface area contributed by atoms with Crippen LogP contribution in [0.3, 0.4) is 0 Å². The predicted molar refractivity (Wildman–Crippen MR) is 55.1 cm³/mol. The molecule has 1 heterocycles. The lowest BCUT2D eigenvalue weighted by molar-refractivity contribution is 0.764. The minimum absolute atomic E-state index is 0.381. The van der Waals surface area contributed by atoms with Gasteiger partial charge in [-0.1, -0.05) is 13.8 Å². The number of hydrogen-bond donors (Lipinski definition) is 1. The van der Waals surface area contributed by atoms with Crippen molar-refractivity contribution in [2.45, 2.75) is 33.6 Å². The second kappa shape index (κ2) is 3.73. The van der Waals surface area contributed by atoms with Gasteiger partial charge in [-0.25, -0.2) is 9.97 Å². The number of hydrogen-bond acceptors (Lipinski definition) is 3. The highest BCUT2D eigenvalue weighted by Gasteiger charge is 2.08. The average Bonchev–Trinajstić information content (AvgIpc) is 2.09. The van der Waals surface area contributed by atoms with Gasteiger partial charge < -0.3 is 5.32 Å². The SMILES string of the molecule is CNc1nc(C(C)C)nc(C)c1C. The highest BCUT2D eigenvalue weighted by Crippen LogP contribution is 2.17. The molecule has 0 aromatic carbocycles. The zero-order valence-electron chi connectivity index (χ0n) is 8.97. The van der Waals surface area contributed by atoms with Crippen molar-refractivity contribution in [2.24, 2.45) is 0 Å². The van der Waals surface area contributed by atoms with Crippen LogP contribution >= 0.6 is 0 Å². The van der Waals surface area contributed by atoms with E-state index >= 15 is 0 Å². The molecule has 0 atom stereocenters. The summed E-state index contributed by atoms with van der Waals surface area (Å²) in [5.74, 6) is 2.23. The smallest absolute Gasteiger partial charge is 0.133 e. The highest BCUT2D eigenvalue weighted by atomic mass is 15.0. The van der Waals surface area contributed by atoms with Gasteiger partial charge >= 0.3 is 0 Å². The Labute approximate surface area is 79.6 Å². The molecule has 0 spiro atoms. The number of aryl methyl sites for hydroxylation is 1. The van der Waals surface area contributed by atoms with E-state index in [-0.39, 0.29) is 0 Å². The summed E-state index contributed by atoms with van der Waals surface area (Å²) in [6.45, 7) is 8.25. The molecule has 0 saturated heterocycles. The molecule has 0 aliphatic heterocycles. The molecular formula is C10H17N3. The summed E-state index contributed by atoms with van der Waals surface area (Å²) in [4.78, 5) is 8.86. The molecule has 3 nitrogen and oxygen atoms in total. The van der Waals surface area contributed by atoms with Gasteiger partial charge in [0.1, 0.15) is 11.6 Å². The zero-order valence-corrected chi connectivity index (χ0v) is 8.97. The Morgan fingerprint density at radius 3 is 2.23 bits per heavy atom. The number of rotatable bonds is 2. The minimum Gasteiger partial charge on any atom is -0.373 e. The van der Waals surface area contributed by atoms with Crippen LogP contribution in [-0.4, -0.2) is 17.0 Å². The van der Waals surface area contributed by atoms with Crippen LogP contribution in [0, 0.1) is 13.8 Å². The van der Waals surface area contributed by atoms with Crippen molar-refractivity contribution < 1.29 is 0 Å². The summed E-state index contributed by atoms with van der Waals surface area (Å²) in [5.41, 5.74) is 2.19. The Bertz CT molecular complexity index is 305. The van der Waals surface area contributed by atoms with Gasteiger partial charge in [-0.15, -0.1) is 0 Å². The number of anilines is 1. The molecule has 0 fully saturated rings. The van der Waals surface area contributed by atoms with Crippen LogP contribution in [0.5, 0.6) is 0 Å². The monoisotopic (exact) mass is 179 g/mol. The summed E-state index contributed by atoms with van der Waals surface area (Å²) in [7, 11) is 1.89. The fourth-order valence-electron chi connectivity index (χ4n) is 1.15. The largest absolute Gasteiger partial charge is 0.373 e. The van der Waals surface area contributed by atoms with E-state index in [1.807, 2.05) is 20.9 Å². The first-order valence-corrected chi connectivity index (χ1v) is 4.59. The third kappa shape index (κ3) is 1.97. The van der Waals surface area contributed by atoms with Gasteiger partial charge in [0.15, 0.2) is 0 Å². The first kappa shape index (κ1) is 9.96. The Kier molecular flexibility index (Phi) is 2.86. The Balaban J connectivity index is 3.22. The van der Waals surface area contributed by atoms with Crippen LogP contribution in [0.25, 0.3) is 0 Å². The first-order valence-electron chi connectivity index (χ1n) is 4.59. The van der Waals surface area contributed by atoms with E-state index in [0.717, 1.165) is 22.9 Å². The van der Waals surface area contributed by atoms with Crippen molar-refractivity contribution in [1.29, 1.82) is 0 Å². The van der Waals surface area contributed by atoms with Gasteiger partial charge in [0, 0.05) is 24.2 Å². The van der Waals surface area contributed by atoms with Crippen LogP contribution < -0.4 is 5.32 Å². The zero-order chi connectivity index (χ0) is 10.0. The molecule has 0 bridgehead atoms. The predicted octanol–water partition coefficient (Wildman–Crippen LogP) is 2.26. The molecule has 0 radical (unpaired) electrons. The van der Waals surface area contributed by atoms with E-state index in [1.54, 1.807) is 0 Å². The van der Waals surface area contributed by atoms with Crippen molar-refractivity contribution in [3.05, 3.63) is 17.1 Å². The number of aromatic nitrogens is 2. The standard InChI is InChI=1S/C10H17N3/c1-6(2)9-12-8(4)7(3)10(11-5)13-9/h6H,1-5H3,(H,11,12,13). The summed E-state index contributed by atoms with van der Waals surface area (Å²) in [6.07, 6.45) is 0. The Morgan fingerprint density at radius 1 is 1.15 bits per heavy atom. The molecule has 0 amide bonds. The molecular weight excluding hydrogens is 162 g/mol. The molecule has 0 aliphatic rings. The average molecular weight is 179 g/mol. The van der Waals surface area contributed by atoms with Gasteiger partial charge in [-0.2, -0.15) is 0 Å². The van der Waals surface area contributed by atoms with Gasteiger partial charge in [-0.3, -0.25) is 0 Å². The molecule has 0 aliphatic carbocycles. The quantitative estimate of drug-likeness (QED) is 0.756. The third-order valence-corrected chi connectivity index (χ3v) is 2.16. The van der Waals surface area contributed by atoms with Crippen molar-refractivity contribution in [3.8, 4) is 0 Å². The lowest BCUT2D eigenvalue weighted by atomic mass is 10.2. The molecule has 0 unspecified atom stereocenters. The second-order valence-corrected chi connectivity index (χ2v) is 3.55. The van der Waals surface area contributed by atoms with Crippen LogP contribution in [0.15, 0.2) is 0 Å². The molecule has 1 rings (SSSR count). The molecule has 0 saturated carbocycles. The number of nitrogens with one attached hydrogen (secondary N) is 1. The first-order chi connectivity index (χ1) is 6.06. The van der Waals surface area contributed by atoms with Gasteiger partial charge in [0.05, 0.1) is 0 Å². The minimum atomic E-state index is 0.381. The molecule has 1 N–H and O–H groups in total. The summed E-state index contributed by atoms with van der Waals surface area (Å²) < 4.78 is 0. The summed E-state index contributed by atoms with van der Waals surface area (Å²) >= 11 is 0. The van der Waals surface area contributed by atoms with Crippen molar-refractivity contribution in [3.63, 3.8) is 0 Å².